The van der Waals surface area contributed by atoms with Gasteiger partial charge in [-0.1, -0.05) is 44.2 Å². The van der Waals surface area contributed by atoms with Crippen LogP contribution in [0.4, 0.5) is 5.69 Å². The summed E-state index contributed by atoms with van der Waals surface area (Å²) in [5, 5.41) is 14.3. The van der Waals surface area contributed by atoms with Gasteiger partial charge >= 0.3 is 0 Å². The zero-order valence-electron chi connectivity index (χ0n) is 12.2. The Morgan fingerprint density at radius 3 is 2.75 bits per heavy atom. The van der Waals surface area contributed by atoms with Crippen LogP contribution in [-0.4, -0.2) is 11.5 Å². The average Bonchev–Trinajstić information content (AvgIpc) is 2.46. The van der Waals surface area contributed by atoms with Crippen molar-refractivity contribution in [3.05, 3.63) is 39.4 Å². The fourth-order valence-electron chi connectivity index (χ4n) is 3.06. The summed E-state index contributed by atoms with van der Waals surface area (Å²) < 4.78 is 0. The summed E-state index contributed by atoms with van der Waals surface area (Å²) >= 11 is 0. The molecule has 0 radical (unpaired) electrons. The molecule has 0 atom stereocenters. The predicted molar refractivity (Wildman–Crippen MR) is 80.7 cm³/mol. The Morgan fingerprint density at radius 2 is 2.05 bits per heavy atom. The Morgan fingerprint density at radius 1 is 1.30 bits per heavy atom. The third kappa shape index (κ3) is 4.04. The van der Waals surface area contributed by atoms with Crippen molar-refractivity contribution in [3.63, 3.8) is 0 Å². The van der Waals surface area contributed by atoms with Gasteiger partial charge in [-0.25, -0.2) is 0 Å². The fourth-order valence-corrected chi connectivity index (χ4v) is 3.06. The van der Waals surface area contributed by atoms with Crippen molar-refractivity contribution in [1.29, 1.82) is 0 Å². The highest BCUT2D eigenvalue weighted by atomic mass is 16.6. The van der Waals surface area contributed by atoms with Crippen molar-refractivity contribution in [2.75, 3.05) is 6.54 Å². The molecule has 1 aromatic rings. The first-order chi connectivity index (χ1) is 9.68. The number of nitro benzene ring substituents is 1. The van der Waals surface area contributed by atoms with Crippen LogP contribution in [0.2, 0.25) is 0 Å². The molecule has 1 aromatic carbocycles. The maximum atomic E-state index is 10.9. The molecule has 0 bridgehead atoms. The van der Waals surface area contributed by atoms with Gasteiger partial charge < -0.3 is 5.32 Å². The summed E-state index contributed by atoms with van der Waals surface area (Å²) in [6.45, 7) is 3.56. The van der Waals surface area contributed by atoms with E-state index in [0.717, 1.165) is 30.1 Å². The first-order valence-corrected chi connectivity index (χ1v) is 7.62. The average molecular weight is 276 g/mol. The fraction of sp³-hybridized carbons (Fsp3) is 0.625. The van der Waals surface area contributed by atoms with E-state index >= 15 is 0 Å². The van der Waals surface area contributed by atoms with Crippen LogP contribution >= 0.6 is 0 Å². The van der Waals surface area contributed by atoms with Crippen molar-refractivity contribution in [1.82, 2.24) is 5.32 Å². The lowest BCUT2D eigenvalue weighted by molar-refractivity contribution is -0.385. The van der Waals surface area contributed by atoms with E-state index in [2.05, 4.69) is 5.32 Å². The van der Waals surface area contributed by atoms with Crippen LogP contribution in [0.25, 0.3) is 0 Å². The Hall–Kier alpha value is -1.42. The molecule has 1 aliphatic carbocycles. The molecule has 110 valence electrons. The minimum Gasteiger partial charge on any atom is -0.313 e. The molecule has 2 rings (SSSR count). The van der Waals surface area contributed by atoms with E-state index in [4.69, 9.17) is 0 Å². The molecule has 0 aliphatic heterocycles. The van der Waals surface area contributed by atoms with E-state index in [9.17, 15) is 10.1 Å². The lowest BCUT2D eigenvalue weighted by atomic mass is 9.87. The van der Waals surface area contributed by atoms with E-state index in [1.807, 2.05) is 13.0 Å². The molecular weight excluding hydrogens is 252 g/mol. The van der Waals surface area contributed by atoms with Gasteiger partial charge in [0.1, 0.15) is 0 Å². The van der Waals surface area contributed by atoms with Gasteiger partial charge in [-0.05, 0) is 31.4 Å². The largest absolute Gasteiger partial charge is 0.313 e. The van der Waals surface area contributed by atoms with Gasteiger partial charge in [0.25, 0.3) is 5.69 Å². The minimum absolute atomic E-state index is 0.219. The van der Waals surface area contributed by atoms with Gasteiger partial charge in [0.2, 0.25) is 0 Å². The van der Waals surface area contributed by atoms with Crippen molar-refractivity contribution in [2.45, 2.75) is 52.0 Å². The predicted octanol–water partition coefficient (Wildman–Crippen LogP) is 3.96. The highest BCUT2D eigenvalue weighted by Crippen LogP contribution is 2.26. The van der Waals surface area contributed by atoms with Gasteiger partial charge in [-0.2, -0.15) is 0 Å². The SMILES string of the molecule is Cc1c(CNCCC2CCCCC2)cccc1[N+](=O)[O-]. The highest BCUT2D eigenvalue weighted by Gasteiger charge is 2.14. The number of nitrogens with zero attached hydrogens (tertiary/aromatic N) is 1. The normalized spacial score (nSPS) is 16.2. The summed E-state index contributed by atoms with van der Waals surface area (Å²) in [4.78, 5) is 10.6. The van der Waals surface area contributed by atoms with Gasteiger partial charge in [0.05, 0.1) is 4.92 Å². The Bertz CT molecular complexity index is 454. The molecule has 1 saturated carbocycles. The third-order valence-electron chi connectivity index (χ3n) is 4.38. The zero-order valence-corrected chi connectivity index (χ0v) is 12.2. The lowest BCUT2D eigenvalue weighted by Gasteiger charge is -2.21. The Kier molecular flexibility index (Phi) is 5.53. The molecule has 4 heteroatoms. The topological polar surface area (TPSA) is 55.2 Å². The molecule has 0 saturated heterocycles. The molecule has 1 N–H and O–H groups in total. The monoisotopic (exact) mass is 276 g/mol. The molecule has 0 spiro atoms. The van der Waals surface area contributed by atoms with Crippen molar-refractivity contribution in [2.24, 2.45) is 5.92 Å². The molecule has 20 heavy (non-hydrogen) atoms. The standard InChI is InChI=1S/C16H24N2O2/c1-13-15(8-5-9-16(13)18(19)20)12-17-11-10-14-6-3-2-4-7-14/h5,8-9,14,17H,2-4,6-7,10-12H2,1H3. The molecule has 4 nitrogen and oxygen atoms in total. The van der Waals surface area contributed by atoms with Crippen LogP contribution in [-0.2, 0) is 6.54 Å². The number of benzene rings is 1. The highest BCUT2D eigenvalue weighted by molar-refractivity contribution is 5.44. The molecule has 0 unspecified atom stereocenters. The van der Waals surface area contributed by atoms with E-state index in [0.29, 0.717) is 0 Å². The number of hydrogen-bond acceptors (Lipinski definition) is 3. The quantitative estimate of drug-likeness (QED) is 0.486. The summed E-state index contributed by atoms with van der Waals surface area (Å²) in [5.41, 5.74) is 2.03. The van der Waals surface area contributed by atoms with Crippen LogP contribution in [0, 0.1) is 23.0 Å². The second-order valence-electron chi connectivity index (χ2n) is 5.79. The molecule has 1 aliphatic rings. The Balaban J connectivity index is 1.79. The van der Waals surface area contributed by atoms with Crippen LogP contribution in [0.5, 0.6) is 0 Å². The Labute approximate surface area is 120 Å². The first kappa shape index (κ1) is 15.0. The maximum Gasteiger partial charge on any atom is 0.272 e. The van der Waals surface area contributed by atoms with Gasteiger partial charge in [0.15, 0.2) is 0 Å². The minimum atomic E-state index is -0.305. The number of rotatable bonds is 6. The van der Waals surface area contributed by atoms with Crippen molar-refractivity contribution >= 4 is 5.69 Å². The molecule has 0 heterocycles. The molecule has 0 amide bonds. The second-order valence-corrected chi connectivity index (χ2v) is 5.79. The summed E-state index contributed by atoms with van der Waals surface area (Å²) in [6.07, 6.45) is 8.14. The third-order valence-corrected chi connectivity index (χ3v) is 4.38. The summed E-state index contributed by atoms with van der Waals surface area (Å²) in [7, 11) is 0. The smallest absolute Gasteiger partial charge is 0.272 e. The lowest BCUT2D eigenvalue weighted by Crippen LogP contribution is -2.19. The van der Waals surface area contributed by atoms with Gasteiger partial charge in [0, 0.05) is 18.2 Å². The molecule has 1 fully saturated rings. The number of hydrogen-bond donors (Lipinski definition) is 1. The molecule has 0 aromatic heterocycles. The van der Waals surface area contributed by atoms with E-state index < -0.39 is 0 Å². The van der Waals surface area contributed by atoms with Crippen LogP contribution < -0.4 is 5.32 Å². The second kappa shape index (κ2) is 7.39. The summed E-state index contributed by atoms with van der Waals surface area (Å²) in [5.74, 6) is 0.877. The van der Waals surface area contributed by atoms with Crippen molar-refractivity contribution in [3.8, 4) is 0 Å². The van der Waals surface area contributed by atoms with E-state index in [1.54, 1.807) is 12.1 Å². The summed E-state index contributed by atoms with van der Waals surface area (Å²) in [6, 6.07) is 5.31. The molecular formula is C16H24N2O2. The number of nitro groups is 1. The first-order valence-electron chi connectivity index (χ1n) is 7.62. The zero-order chi connectivity index (χ0) is 14.4. The van der Waals surface area contributed by atoms with Crippen LogP contribution in [0.3, 0.4) is 0 Å². The van der Waals surface area contributed by atoms with Crippen LogP contribution in [0.15, 0.2) is 18.2 Å². The maximum absolute atomic E-state index is 10.9. The van der Waals surface area contributed by atoms with Gasteiger partial charge in [-0.3, -0.25) is 10.1 Å². The van der Waals surface area contributed by atoms with Gasteiger partial charge in [-0.15, -0.1) is 0 Å². The van der Waals surface area contributed by atoms with Crippen molar-refractivity contribution < 1.29 is 4.92 Å². The van der Waals surface area contributed by atoms with E-state index in [-0.39, 0.29) is 10.6 Å². The van der Waals surface area contributed by atoms with E-state index in [1.165, 1.54) is 38.5 Å². The van der Waals surface area contributed by atoms with Crippen LogP contribution in [0.1, 0.15) is 49.7 Å². The number of nitrogens with one attached hydrogen (secondary N) is 1.